The number of carbonyl (C=O) groups excluding carboxylic acids is 1. The molecular formula is C26H34O5. The fourth-order valence-corrected chi connectivity index (χ4v) is 3.96. The molecule has 2 aromatic rings. The van der Waals surface area contributed by atoms with Crippen molar-refractivity contribution in [2.24, 2.45) is 0 Å². The molecule has 5 heteroatoms. The molecule has 1 aliphatic rings. The summed E-state index contributed by atoms with van der Waals surface area (Å²) < 4.78 is 20.6. The number of cyclic esters (lactones) is 2. The van der Waals surface area contributed by atoms with Crippen LogP contribution in [0.25, 0.3) is 0 Å². The Hall–Kier alpha value is -2.37. The molecule has 0 saturated carbocycles. The molecule has 2 aromatic carbocycles. The molecule has 0 aliphatic carbocycles. The minimum absolute atomic E-state index is 0.0863. The van der Waals surface area contributed by atoms with Gasteiger partial charge >= 0.3 is 6.16 Å². The highest BCUT2D eigenvalue weighted by molar-refractivity contribution is 5.61. The number of methoxy groups -OCH3 is 2. The van der Waals surface area contributed by atoms with E-state index in [0.717, 1.165) is 25.7 Å². The van der Waals surface area contributed by atoms with Gasteiger partial charge < -0.3 is 18.9 Å². The maximum Gasteiger partial charge on any atom is 0.508 e. The number of carbonyl (C=O) groups is 1. The van der Waals surface area contributed by atoms with E-state index in [2.05, 4.69) is 62.4 Å². The fraction of sp³-hybridized carbons (Fsp3) is 0.500. The van der Waals surface area contributed by atoms with Gasteiger partial charge in [-0.05, 0) is 47.9 Å². The van der Waals surface area contributed by atoms with Gasteiger partial charge in [0.1, 0.15) is 12.7 Å². The van der Waals surface area contributed by atoms with Crippen molar-refractivity contribution in [1.82, 2.24) is 0 Å². The van der Waals surface area contributed by atoms with Crippen LogP contribution in [-0.2, 0) is 37.2 Å². The highest BCUT2D eigenvalue weighted by Crippen LogP contribution is 2.32. The number of ether oxygens (including phenoxy) is 4. The Labute approximate surface area is 185 Å². The first-order valence-electron chi connectivity index (χ1n) is 11.0. The summed E-state index contributed by atoms with van der Waals surface area (Å²) in [7, 11) is 3.44. The normalized spacial score (nSPS) is 17.3. The minimum Gasteiger partial charge on any atom is -0.430 e. The largest absolute Gasteiger partial charge is 0.508 e. The van der Waals surface area contributed by atoms with Crippen molar-refractivity contribution in [2.45, 2.75) is 57.2 Å². The third kappa shape index (κ3) is 6.31. The van der Waals surface area contributed by atoms with Crippen molar-refractivity contribution in [2.75, 3.05) is 27.4 Å². The van der Waals surface area contributed by atoms with Crippen molar-refractivity contribution in [3.05, 3.63) is 70.8 Å². The molecule has 0 amide bonds. The molecule has 1 aliphatic heterocycles. The van der Waals surface area contributed by atoms with Gasteiger partial charge in [0, 0.05) is 19.6 Å². The second-order valence-electron chi connectivity index (χ2n) is 8.71. The van der Waals surface area contributed by atoms with E-state index in [-0.39, 0.29) is 17.6 Å². The van der Waals surface area contributed by atoms with Gasteiger partial charge in [0.05, 0.1) is 12.7 Å². The molecule has 0 aromatic heterocycles. The lowest BCUT2D eigenvalue weighted by Crippen LogP contribution is -2.19. The lowest BCUT2D eigenvalue weighted by molar-refractivity contribution is 0.0238. The number of hydrogen-bond donors (Lipinski definition) is 0. The van der Waals surface area contributed by atoms with Crippen LogP contribution in [0.3, 0.4) is 0 Å². The predicted molar refractivity (Wildman–Crippen MR) is 121 cm³/mol. The lowest BCUT2D eigenvalue weighted by atomic mass is 9.77. The monoisotopic (exact) mass is 426 g/mol. The second kappa shape index (κ2) is 10.8. The number of rotatable bonds is 11. The molecule has 1 fully saturated rings. The zero-order valence-corrected chi connectivity index (χ0v) is 19.1. The maximum absolute atomic E-state index is 11.0. The Morgan fingerprint density at radius 3 is 2.03 bits per heavy atom. The van der Waals surface area contributed by atoms with Gasteiger partial charge in [-0.1, -0.05) is 62.4 Å². The first-order valence-corrected chi connectivity index (χ1v) is 11.0. The standard InChI is InChI=1S/C26H34O5/c1-26(2,21-11-5-19(6-12-21)9-15-23(29-4)17-28-3)22-13-7-20(8-14-22)10-16-24-18-30-25(27)31-24/h5-8,11-14,23-24H,9-10,15-18H2,1-4H3. The highest BCUT2D eigenvalue weighted by atomic mass is 16.8. The van der Waals surface area contributed by atoms with Crippen LogP contribution in [0.4, 0.5) is 4.79 Å². The van der Waals surface area contributed by atoms with E-state index in [1.54, 1.807) is 14.2 Å². The van der Waals surface area contributed by atoms with Crippen LogP contribution in [0.15, 0.2) is 48.5 Å². The molecular weight excluding hydrogens is 392 g/mol. The van der Waals surface area contributed by atoms with E-state index < -0.39 is 6.16 Å². The van der Waals surface area contributed by atoms with Crippen LogP contribution in [0, 0.1) is 0 Å². The molecule has 3 rings (SSSR count). The SMILES string of the molecule is COCC(CCc1ccc(C(C)(C)c2ccc(CCC3COC(=O)O3)cc2)cc1)OC. The van der Waals surface area contributed by atoms with E-state index in [9.17, 15) is 4.79 Å². The van der Waals surface area contributed by atoms with Gasteiger partial charge in [-0.25, -0.2) is 4.79 Å². The number of benzene rings is 2. The third-order valence-electron chi connectivity index (χ3n) is 6.20. The van der Waals surface area contributed by atoms with E-state index in [0.29, 0.717) is 13.2 Å². The van der Waals surface area contributed by atoms with Crippen molar-refractivity contribution in [1.29, 1.82) is 0 Å². The van der Waals surface area contributed by atoms with E-state index >= 15 is 0 Å². The van der Waals surface area contributed by atoms with Gasteiger partial charge in [0.15, 0.2) is 0 Å². The van der Waals surface area contributed by atoms with Gasteiger partial charge in [-0.3, -0.25) is 0 Å². The van der Waals surface area contributed by atoms with Crippen LogP contribution >= 0.6 is 0 Å². The van der Waals surface area contributed by atoms with Crippen LogP contribution in [0.5, 0.6) is 0 Å². The van der Waals surface area contributed by atoms with Gasteiger partial charge in [0.25, 0.3) is 0 Å². The predicted octanol–water partition coefficient (Wildman–Crippen LogP) is 5.07. The van der Waals surface area contributed by atoms with Gasteiger partial charge in [0.2, 0.25) is 0 Å². The zero-order chi connectivity index (χ0) is 22.3. The van der Waals surface area contributed by atoms with Crippen LogP contribution < -0.4 is 0 Å². The van der Waals surface area contributed by atoms with Crippen LogP contribution in [-0.4, -0.2) is 45.8 Å². The molecule has 0 N–H and O–H groups in total. The topological polar surface area (TPSA) is 54.0 Å². The first kappa shape index (κ1) is 23.3. The third-order valence-corrected chi connectivity index (χ3v) is 6.20. The maximum atomic E-state index is 11.0. The quantitative estimate of drug-likeness (QED) is 0.469. The van der Waals surface area contributed by atoms with Crippen LogP contribution in [0.1, 0.15) is 48.9 Å². The van der Waals surface area contributed by atoms with Crippen molar-refractivity contribution in [3.8, 4) is 0 Å². The Morgan fingerprint density at radius 2 is 1.55 bits per heavy atom. The smallest absolute Gasteiger partial charge is 0.430 e. The lowest BCUT2D eigenvalue weighted by Gasteiger charge is -2.27. The Bertz CT molecular complexity index is 826. The zero-order valence-electron chi connectivity index (χ0n) is 19.1. The van der Waals surface area contributed by atoms with Crippen molar-refractivity contribution < 1.29 is 23.7 Å². The summed E-state index contributed by atoms with van der Waals surface area (Å²) in [5.74, 6) is 0. The molecule has 2 atom stereocenters. The molecule has 0 bridgehead atoms. The fourth-order valence-electron chi connectivity index (χ4n) is 3.96. The summed E-state index contributed by atoms with van der Waals surface area (Å²) >= 11 is 0. The summed E-state index contributed by atoms with van der Waals surface area (Å²) in [4.78, 5) is 11.0. The first-order chi connectivity index (χ1) is 14.9. The Morgan fingerprint density at radius 1 is 0.968 bits per heavy atom. The average molecular weight is 427 g/mol. The molecule has 0 spiro atoms. The summed E-state index contributed by atoms with van der Waals surface area (Å²) in [5.41, 5.74) is 5.03. The minimum atomic E-state index is -0.554. The average Bonchev–Trinajstić information content (AvgIpc) is 3.21. The summed E-state index contributed by atoms with van der Waals surface area (Å²) in [5, 5.41) is 0. The summed E-state index contributed by atoms with van der Waals surface area (Å²) in [6.07, 6.45) is 3.01. The van der Waals surface area contributed by atoms with Crippen molar-refractivity contribution in [3.63, 3.8) is 0 Å². The van der Waals surface area contributed by atoms with Crippen LogP contribution in [0.2, 0.25) is 0 Å². The van der Waals surface area contributed by atoms with E-state index in [4.69, 9.17) is 18.9 Å². The Kier molecular flexibility index (Phi) is 8.10. The molecule has 31 heavy (non-hydrogen) atoms. The molecule has 1 heterocycles. The molecule has 5 nitrogen and oxygen atoms in total. The molecule has 1 saturated heterocycles. The second-order valence-corrected chi connectivity index (χ2v) is 8.71. The Balaban J connectivity index is 1.58. The molecule has 168 valence electrons. The van der Waals surface area contributed by atoms with Crippen molar-refractivity contribution >= 4 is 6.16 Å². The molecule has 0 radical (unpaired) electrons. The van der Waals surface area contributed by atoms with E-state index in [1.807, 2.05) is 0 Å². The van der Waals surface area contributed by atoms with E-state index in [1.165, 1.54) is 22.3 Å². The summed E-state index contributed by atoms with van der Waals surface area (Å²) in [6, 6.07) is 17.6. The summed E-state index contributed by atoms with van der Waals surface area (Å²) in [6.45, 7) is 5.49. The number of aryl methyl sites for hydroxylation is 2. The number of hydrogen-bond acceptors (Lipinski definition) is 5. The van der Waals surface area contributed by atoms with Gasteiger partial charge in [-0.2, -0.15) is 0 Å². The van der Waals surface area contributed by atoms with Gasteiger partial charge in [-0.15, -0.1) is 0 Å². The molecule has 2 unspecified atom stereocenters. The highest BCUT2D eigenvalue weighted by Gasteiger charge is 2.25.